The Hall–Kier alpha value is -4.91. The topological polar surface area (TPSA) is 137 Å². The van der Waals surface area contributed by atoms with Crippen molar-refractivity contribution in [3.63, 3.8) is 0 Å². The maximum Gasteiger partial charge on any atom is 0.413 e. The monoisotopic (exact) mass is 575 g/mol. The molecular formula is C29H28F3N9O. The summed E-state index contributed by atoms with van der Waals surface area (Å²) in [5, 5.41) is 34.6. The second kappa shape index (κ2) is 10.2. The van der Waals surface area contributed by atoms with E-state index in [1.807, 2.05) is 20.8 Å². The minimum absolute atomic E-state index is 0.0995. The van der Waals surface area contributed by atoms with Crippen molar-refractivity contribution in [2.45, 2.75) is 51.4 Å². The van der Waals surface area contributed by atoms with E-state index in [2.05, 4.69) is 38.1 Å². The SMILES string of the molecule is Cn1cccc([C@H](Nc2cc(C#N)c3ncc(C#N)c(NCC(C)(C)C)c3c2)c2cn(C3(C(F)(F)F)CC3)nn2)c1=O. The third-order valence-corrected chi connectivity index (χ3v) is 7.28. The maximum absolute atomic E-state index is 13.8. The molecule has 42 heavy (non-hydrogen) atoms. The van der Waals surface area contributed by atoms with E-state index in [9.17, 15) is 28.5 Å². The summed E-state index contributed by atoms with van der Waals surface area (Å²) in [5.41, 5.74) is -0.582. The zero-order valence-electron chi connectivity index (χ0n) is 23.4. The first-order valence-electron chi connectivity index (χ1n) is 13.2. The molecule has 0 bridgehead atoms. The van der Waals surface area contributed by atoms with Crippen molar-refractivity contribution in [3.8, 4) is 12.1 Å². The zero-order valence-corrected chi connectivity index (χ0v) is 23.4. The van der Waals surface area contributed by atoms with E-state index in [-0.39, 0.29) is 46.2 Å². The predicted octanol–water partition coefficient (Wildman–Crippen LogP) is 4.98. The van der Waals surface area contributed by atoms with Gasteiger partial charge >= 0.3 is 6.18 Å². The van der Waals surface area contributed by atoms with Gasteiger partial charge in [0.2, 0.25) is 0 Å². The van der Waals surface area contributed by atoms with Crippen LogP contribution in [0.15, 0.2) is 47.7 Å². The first kappa shape index (κ1) is 28.6. The lowest BCUT2D eigenvalue weighted by atomic mass is 9.96. The highest BCUT2D eigenvalue weighted by molar-refractivity contribution is 5.99. The molecule has 4 aromatic rings. The van der Waals surface area contributed by atoms with Gasteiger partial charge in [-0.05, 0) is 42.5 Å². The fourth-order valence-electron chi connectivity index (χ4n) is 4.80. The molecule has 216 valence electrons. The van der Waals surface area contributed by atoms with Crippen molar-refractivity contribution in [2.75, 3.05) is 17.2 Å². The highest BCUT2D eigenvalue weighted by Crippen LogP contribution is 2.55. The molecule has 1 aliphatic carbocycles. The van der Waals surface area contributed by atoms with Gasteiger partial charge in [0.1, 0.15) is 23.9 Å². The van der Waals surface area contributed by atoms with Crippen LogP contribution in [-0.2, 0) is 12.6 Å². The van der Waals surface area contributed by atoms with Crippen LogP contribution in [0, 0.1) is 28.1 Å². The number of hydrogen-bond donors (Lipinski definition) is 2. The first-order valence-corrected chi connectivity index (χ1v) is 13.2. The molecular weight excluding hydrogens is 547 g/mol. The van der Waals surface area contributed by atoms with Crippen molar-refractivity contribution in [2.24, 2.45) is 12.5 Å². The summed E-state index contributed by atoms with van der Waals surface area (Å²) in [6.45, 7) is 6.62. The fraction of sp³-hybridized carbons (Fsp3) is 0.379. The number of fused-ring (bicyclic) bond motifs is 1. The number of nitrogens with zero attached hydrogens (tertiary/aromatic N) is 7. The number of nitrogens with one attached hydrogen (secondary N) is 2. The molecule has 0 radical (unpaired) electrons. The van der Waals surface area contributed by atoms with E-state index in [0.29, 0.717) is 28.8 Å². The third kappa shape index (κ3) is 5.14. The Morgan fingerprint density at radius 3 is 2.48 bits per heavy atom. The molecule has 10 nitrogen and oxygen atoms in total. The molecule has 13 heteroatoms. The molecule has 0 amide bonds. The molecule has 5 rings (SSSR count). The molecule has 0 saturated heterocycles. The summed E-state index contributed by atoms with van der Waals surface area (Å²) < 4.78 is 43.6. The highest BCUT2D eigenvalue weighted by atomic mass is 19.4. The van der Waals surface area contributed by atoms with Crippen LogP contribution in [0.5, 0.6) is 0 Å². The van der Waals surface area contributed by atoms with Crippen LogP contribution in [-0.4, -0.2) is 37.3 Å². The Bertz CT molecular complexity index is 1820. The van der Waals surface area contributed by atoms with Gasteiger partial charge in [0, 0.05) is 42.6 Å². The summed E-state index contributed by atoms with van der Waals surface area (Å²) in [4.78, 5) is 17.5. The first-order chi connectivity index (χ1) is 19.8. The van der Waals surface area contributed by atoms with Crippen LogP contribution in [0.4, 0.5) is 24.5 Å². The number of hydrogen-bond acceptors (Lipinski definition) is 8. The van der Waals surface area contributed by atoms with Gasteiger partial charge in [-0.25, -0.2) is 4.68 Å². The van der Waals surface area contributed by atoms with Crippen LogP contribution < -0.4 is 16.2 Å². The van der Waals surface area contributed by atoms with Crippen molar-refractivity contribution < 1.29 is 13.2 Å². The van der Waals surface area contributed by atoms with Crippen LogP contribution in [0.3, 0.4) is 0 Å². The Morgan fingerprint density at radius 1 is 1.14 bits per heavy atom. The minimum Gasteiger partial charge on any atom is -0.383 e. The standard InChI is InChI=1S/C29H28F3N9O/c1-27(2,3)16-36-24-18(13-34)14-35-23-17(12-33)10-19(11-21(23)24)37-25(20-6-5-9-40(4)26(20)42)22-15-41(39-38-22)28(7-8-28)29(30,31)32/h5-6,9-11,14-15,25,37H,7-8,16H2,1-4H3,(H,35,36)/t25-/m0/s1. The van der Waals surface area contributed by atoms with Crippen LogP contribution in [0.1, 0.15) is 62.0 Å². The average Bonchev–Trinajstić information content (AvgIpc) is 3.62. The Balaban J connectivity index is 1.65. The van der Waals surface area contributed by atoms with Crippen molar-refractivity contribution in [1.82, 2.24) is 24.5 Å². The van der Waals surface area contributed by atoms with Gasteiger partial charge in [-0.15, -0.1) is 5.10 Å². The van der Waals surface area contributed by atoms with Gasteiger partial charge in [0.25, 0.3) is 5.56 Å². The molecule has 1 aliphatic rings. The molecule has 3 heterocycles. The lowest BCUT2D eigenvalue weighted by Crippen LogP contribution is -2.35. The van der Waals surface area contributed by atoms with Crippen LogP contribution >= 0.6 is 0 Å². The van der Waals surface area contributed by atoms with Gasteiger partial charge in [-0.3, -0.25) is 9.78 Å². The number of halogens is 3. The van der Waals surface area contributed by atoms with Crippen molar-refractivity contribution >= 4 is 22.3 Å². The van der Waals surface area contributed by atoms with E-state index < -0.39 is 17.8 Å². The molecule has 1 aromatic carbocycles. The lowest BCUT2D eigenvalue weighted by Gasteiger charge is -2.22. The second-order valence-electron chi connectivity index (χ2n) is 11.7. The second-order valence-corrected chi connectivity index (χ2v) is 11.7. The number of nitriles is 2. The number of aryl methyl sites for hydroxylation is 1. The molecule has 3 aromatic heterocycles. The number of anilines is 2. The number of aromatic nitrogens is 5. The van der Waals surface area contributed by atoms with Crippen molar-refractivity contribution in [3.05, 3.63) is 75.6 Å². The third-order valence-electron chi connectivity index (χ3n) is 7.28. The maximum atomic E-state index is 13.8. The van der Waals surface area contributed by atoms with Gasteiger partial charge in [-0.2, -0.15) is 23.7 Å². The van der Waals surface area contributed by atoms with E-state index in [0.717, 1.165) is 4.68 Å². The van der Waals surface area contributed by atoms with E-state index >= 15 is 0 Å². The van der Waals surface area contributed by atoms with Gasteiger partial charge in [0.15, 0.2) is 5.54 Å². The summed E-state index contributed by atoms with van der Waals surface area (Å²) in [7, 11) is 1.56. The highest BCUT2D eigenvalue weighted by Gasteiger charge is 2.66. The zero-order chi connectivity index (χ0) is 30.4. The van der Waals surface area contributed by atoms with E-state index in [1.54, 1.807) is 31.4 Å². The van der Waals surface area contributed by atoms with Crippen LogP contribution in [0.25, 0.3) is 10.9 Å². The largest absolute Gasteiger partial charge is 0.413 e. The summed E-state index contributed by atoms with van der Waals surface area (Å²) >= 11 is 0. The van der Waals surface area contributed by atoms with Gasteiger partial charge < -0.3 is 15.2 Å². The molecule has 1 saturated carbocycles. The normalized spacial score (nSPS) is 15.1. The number of benzene rings is 1. The fourth-order valence-corrected chi connectivity index (χ4v) is 4.80. The molecule has 0 spiro atoms. The lowest BCUT2D eigenvalue weighted by molar-refractivity contribution is -0.182. The van der Waals surface area contributed by atoms with Crippen LogP contribution in [0.2, 0.25) is 0 Å². The minimum atomic E-state index is -4.51. The van der Waals surface area contributed by atoms with Gasteiger partial charge in [-0.1, -0.05) is 26.0 Å². The molecule has 1 atom stereocenters. The molecule has 0 aliphatic heterocycles. The number of pyridine rings is 2. The quantitative estimate of drug-likeness (QED) is 0.315. The van der Waals surface area contributed by atoms with E-state index in [1.165, 1.54) is 23.0 Å². The number of rotatable bonds is 7. The Kier molecular flexibility index (Phi) is 6.93. The average molecular weight is 576 g/mol. The van der Waals surface area contributed by atoms with E-state index in [4.69, 9.17) is 0 Å². The summed E-state index contributed by atoms with van der Waals surface area (Å²) in [6, 6.07) is 9.70. The molecule has 0 unspecified atom stereocenters. The Morgan fingerprint density at radius 2 is 1.86 bits per heavy atom. The predicted molar refractivity (Wildman–Crippen MR) is 150 cm³/mol. The van der Waals surface area contributed by atoms with Gasteiger partial charge in [0.05, 0.1) is 28.5 Å². The summed E-state index contributed by atoms with van der Waals surface area (Å²) in [5.74, 6) is 0. The smallest absolute Gasteiger partial charge is 0.383 e. The van der Waals surface area contributed by atoms with Crippen molar-refractivity contribution in [1.29, 1.82) is 10.5 Å². The Labute approximate surface area is 239 Å². The molecule has 1 fully saturated rings. The summed E-state index contributed by atoms with van der Waals surface area (Å²) in [6.07, 6.45) is -0.550. The number of alkyl halides is 3. The molecule has 2 N–H and O–H groups in total.